The first-order valence-electron chi connectivity index (χ1n) is 9.49. The molecule has 1 aromatic carbocycles. The summed E-state index contributed by atoms with van der Waals surface area (Å²) in [6.45, 7) is 7.73. The van der Waals surface area contributed by atoms with Crippen molar-refractivity contribution < 1.29 is 18.8 Å². The average molecular weight is 373 g/mol. The summed E-state index contributed by atoms with van der Waals surface area (Å²) in [7, 11) is 0. The molecule has 1 fully saturated rings. The second-order valence-electron chi connectivity index (χ2n) is 6.82. The molecule has 0 N–H and O–H groups in total. The number of benzene rings is 1. The van der Waals surface area contributed by atoms with E-state index in [-0.39, 0.29) is 18.6 Å². The molecule has 0 bridgehead atoms. The van der Waals surface area contributed by atoms with Gasteiger partial charge in [0.1, 0.15) is 12.4 Å². The first-order valence-corrected chi connectivity index (χ1v) is 9.49. The highest BCUT2D eigenvalue weighted by atomic mass is 16.5. The van der Waals surface area contributed by atoms with E-state index in [0.717, 1.165) is 49.2 Å². The number of carbonyl (C=O) groups excluding carboxylic acids is 1. The van der Waals surface area contributed by atoms with Crippen molar-refractivity contribution in [3.05, 3.63) is 41.0 Å². The number of hydrogen-bond donors (Lipinski definition) is 0. The predicted molar refractivity (Wildman–Crippen MR) is 99.1 cm³/mol. The van der Waals surface area contributed by atoms with Crippen LogP contribution in [0.4, 0.5) is 0 Å². The molecule has 0 radical (unpaired) electrons. The zero-order valence-electron chi connectivity index (χ0n) is 16.2. The molecule has 1 aromatic heterocycles. The molecule has 7 nitrogen and oxygen atoms in total. The Kier molecular flexibility index (Phi) is 6.45. The highest BCUT2D eigenvalue weighted by Crippen LogP contribution is 2.32. The van der Waals surface area contributed by atoms with Gasteiger partial charge in [0.05, 0.1) is 12.6 Å². The van der Waals surface area contributed by atoms with Crippen LogP contribution in [0.2, 0.25) is 0 Å². The van der Waals surface area contributed by atoms with Crippen LogP contribution in [0.15, 0.2) is 22.7 Å². The predicted octanol–water partition coefficient (Wildman–Crippen LogP) is 3.57. The average Bonchev–Trinajstić information content (AvgIpc) is 3.08. The number of ether oxygens (including phenoxy) is 2. The SMILES string of the molecule is CCOc1ccc(CN2CCCC[C@H]2c2nc(C)no2)cc1COC(C)=O. The number of hydrogen-bond acceptors (Lipinski definition) is 7. The zero-order chi connectivity index (χ0) is 19.2. The van der Waals surface area contributed by atoms with E-state index in [9.17, 15) is 4.79 Å². The summed E-state index contributed by atoms with van der Waals surface area (Å²) in [6.07, 6.45) is 3.32. The van der Waals surface area contributed by atoms with Crippen LogP contribution in [-0.2, 0) is 22.7 Å². The lowest BCUT2D eigenvalue weighted by Gasteiger charge is -2.33. The van der Waals surface area contributed by atoms with Crippen LogP contribution in [-0.4, -0.2) is 34.2 Å². The fourth-order valence-corrected chi connectivity index (χ4v) is 3.46. The van der Waals surface area contributed by atoms with Crippen LogP contribution in [0.1, 0.15) is 62.0 Å². The lowest BCUT2D eigenvalue weighted by Crippen LogP contribution is -2.33. The number of rotatable bonds is 7. The quantitative estimate of drug-likeness (QED) is 0.687. The summed E-state index contributed by atoms with van der Waals surface area (Å²) in [5.74, 6) is 1.81. The van der Waals surface area contributed by atoms with Crippen LogP contribution < -0.4 is 4.74 Å². The first kappa shape index (κ1) is 19.4. The second-order valence-corrected chi connectivity index (χ2v) is 6.82. The Hall–Kier alpha value is -2.41. The van der Waals surface area contributed by atoms with Crippen molar-refractivity contribution in [3.63, 3.8) is 0 Å². The van der Waals surface area contributed by atoms with Crippen LogP contribution in [0, 0.1) is 6.92 Å². The molecule has 2 heterocycles. The number of aryl methyl sites for hydroxylation is 1. The molecule has 0 aliphatic carbocycles. The Morgan fingerprint density at radius 3 is 2.93 bits per heavy atom. The molecule has 0 unspecified atom stereocenters. The maximum absolute atomic E-state index is 11.2. The summed E-state index contributed by atoms with van der Waals surface area (Å²) in [4.78, 5) is 18.0. The summed E-state index contributed by atoms with van der Waals surface area (Å²) < 4.78 is 16.3. The van der Waals surface area contributed by atoms with Gasteiger partial charge in [0.15, 0.2) is 5.82 Å². The van der Waals surface area contributed by atoms with Crippen LogP contribution in [0.3, 0.4) is 0 Å². The molecule has 0 spiro atoms. The van der Waals surface area contributed by atoms with Gasteiger partial charge in [0, 0.05) is 19.0 Å². The fourth-order valence-electron chi connectivity index (χ4n) is 3.46. The van der Waals surface area contributed by atoms with Crippen LogP contribution in [0.5, 0.6) is 5.75 Å². The number of piperidine rings is 1. The van der Waals surface area contributed by atoms with Gasteiger partial charge in [-0.25, -0.2) is 0 Å². The monoisotopic (exact) mass is 373 g/mol. The molecule has 1 aliphatic heterocycles. The summed E-state index contributed by atoms with van der Waals surface area (Å²) in [5.41, 5.74) is 2.02. The molecule has 3 rings (SSSR count). The minimum atomic E-state index is -0.300. The molecule has 7 heteroatoms. The van der Waals surface area contributed by atoms with E-state index >= 15 is 0 Å². The molecule has 1 atom stereocenters. The van der Waals surface area contributed by atoms with E-state index in [1.165, 1.54) is 6.92 Å². The normalized spacial score (nSPS) is 17.7. The van der Waals surface area contributed by atoms with Crippen molar-refractivity contribution in [2.45, 2.75) is 59.2 Å². The van der Waals surface area contributed by atoms with E-state index in [1.807, 2.05) is 19.9 Å². The third kappa shape index (κ3) is 5.07. The van der Waals surface area contributed by atoms with E-state index < -0.39 is 0 Å². The van der Waals surface area contributed by atoms with Gasteiger partial charge >= 0.3 is 5.97 Å². The summed E-state index contributed by atoms with van der Waals surface area (Å²) in [6, 6.07) is 6.21. The third-order valence-electron chi connectivity index (χ3n) is 4.68. The van der Waals surface area contributed by atoms with E-state index in [1.54, 1.807) is 0 Å². The Morgan fingerprint density at radius 2 is 2.22 bits per heavy atom. The molecule has 1 saturated heterocycles. The van der Waals surface area contributed by atoms with Crippen molar-refractivity contribution in [1.29, 1.82) is 0 Å². The van der Waals surface area contributed by atoms with Gasteiger partial charge in [0.2, 0.25) is 5.89 Å². The highest BCUT2D eigenvalue weighted by molar-refractivity contribution is 5.66. The van der Waals surface area contributed by atoms with Gasteiger partial charge in [-0.1, -0.05) is 17.6 Å². The lowest BCUT2D eigenvalue weighted by molar-refractivity contribution is -0.142. The molecular weight excluding hydrogens is 346 g/mol. The van der Waals surface area contributed by atoms with Gasteiger partial charge in [-0.3, -0.25) is 9.69 Å². The van der Waals surface area contributed by atoms with Crippen molar-refractivity contribution in [1.82, 2.24) is 15.0 Å². The molecule has 0 saturated carbocycles. The highest BCUT2D eigenvalue weighted by Gasteiger charge is 2.28. The maximum Gasteiger partial charge on any atom is 0.302 e. The number of likely N-dealkylation sites (tertiary alicyclic amines) is 1. The minimum Gasteiger partial charge on any atom is -0.493 e. The number of esters is 1. The smallest absolute Gasteiger partial charge is 0.302 e. The molecule has 146 valence electrons. The Morgan fingerprint density at radius 1 is 1.37 bits per heavy atom. The topological polar surface area (TPSA) is 77.7 Å². The molecule has 0 amide bonds. The molecular formula is C20H27N3O4. The van der Waals surface area contributed by atoms with E-state index in [2.05, 4.69) is 27.2 Å². The van der Waals surface area contributed by atoms with Gasteiger partial charge < -0.3 is 14.0 Å². The van der Waals surface area contributed by atoms with Crippen LogP contribution in [0.25, 0.3) is 0 Å². The Labute approximate surface area is 159 Å². The van der Waals surface area contributed by atoms with E-state index in [4.69, 9.17) is 14.0 Å². The van der Waals surface area contributed by atoms with Crippen molar-refractivity contribution in [3.8, 4) is 5.75 Å². The van der Waals surface area contributed by atoms with Gasteiger partial charge in [0.25, 0.3) is 0 Å². The second kappa shape index (κ2) is 8.99. The number of carbonyl (C=O) groups is 1. The maximum atomic E-state index is 11.2. The Balaban J connectivity index is 1.78. The van der Waals surface area contributed by atoms with Gasteiger partial charge in [-0.2, -0.15) is 4.98 Å². The van der Waals surface area contributed by atoms with Crippen LogP contribution >= 0.6 is 0 Å². The van der Waals surface area contributed by atoms with Gasteiger partial charge in [-0.15, -0.1) is 0 Å². The largest absolute Gasteiger partial charge is 0.493 e. The van der Waals surface area contributed by atoms with E-state index in [0.29, 0.717) is 18.3 Å². The lowest BCUT2D eigenvalue weighted by atomic mass is 10.0. The Bertz CT molecular complexity index is 774. The molecule has 2 aromatic rings. The molecule has 27 heavy (non-hydrogen) atoms. The fraction of sp³-hybridized carbons (Fsp3) is 0.550. The third-order valence-corrected chi connectivity index (χ3v) is 4.68. The minimum absolute atomic E-state index is 0.142. The zero-order valence-corrected chi connectivity index (χ0v) is 16.2. The summed E-state index contributed by atoms with van der Waals surface area (Å²) >= 11 is 0. The first-order chi connectivity index (χ1) is 13.1. The number of aromatic nitrogens is 2. The van der Waals surface area contributed by atoms with Crippen molar-refractivity contribution in [2.75, 3.05) is 13.2 Å². The van der Waals surface area contributed by atoms with Crippen molar-refractivity contribution >= 4 is 5.97 Å². The summed E-state index contributed by atoms with van der Waals surface area (Å²) in [5, 5.41) is 3.94. The standard InChI is InChI=1S/C20H27N3O4/c1-4-25-19-9-8-16(11-17(19)13-26-15(3)24)12-23-10-6-5-7-18(23)20-21-14(2)22-27-20/h8-9,11,18H,4-7,10,12-13H2,1-3H3/t18-/m0/s1. The number of nitrogens with zero attached hydrogens (tertiary/aromatic N) is 3. The van der Waals surface area contributed by atoms with Gasteiger partial charge in [-0.05, 0) is 50.9 Å². The van der Waals surface area contributed by atoms with Crippen molar-refractivity contribution in [2.24, 2.45) is 0 Å². The molecule has 1 aliphatic rings.